The van der Waals surface area contributed by atoms with Gasteiger partial charge in [-0.05, 0) is 59.2 Å². The van der Waals surface area contributed by atoms with E-state index in [1.54, 1.807) is 0 Å². The highest BCUT2D eigenvalue weighted by Crippen LogP contribution is 2.25. The number of ether oxygens (including phenoxy) is 1. The summed E-state index contributed by atoms with van der Waals surface area (Å²) >= 11 is 0. The van der Waals surface area contributed by atoms with Crippen LogP contribution < -0.4 is 10.0 Å². The lowest BCUT2D eigenvalue weighted by Crippen LogP contribution is -2.30. The fourth-order valence-corrected chi connectivity index (χ4v) is 3.32. The Balaban J connectivity index is 3.01. The number of sulfonamides is 1. The zero-order chi connectivity index (χ0) is 19.3. The highest BCUT2D eigenvalue weighted by molar-refractivity contribution is 7.89. The fraction of sp³-hybridized carbons (Fsp3) is 0.588. The summed E-state index contributed by atoms with van der Waals surface area (Å²) in [5, 5.41) is 12.2. The number of rotatable bonds is 9. The Hall–Kier alpha value is -1.64. The average molecular weight is 372 g/mol. The highest BCUT2D eigenvalue weighted by Gasteiger charge is 2.23. The predicted molar refractivity (Wildman–Crippen MR) is 97.7 cm³/mol. The molecule has 0 bridgehead atoms. The number of aromatic carboxylic acids is 1. The van der Waals surface area contributed by atoms with E-state index >= 15 is 0 Å². The van der Waals surface area contributed by atoms with Gasteiger partial charge in [0.15, 0.2) is 0 Å². The van der Waals surface area contributed by atoms with Gasteiger partial charge < -0.3 is 15.2 Å². The van der Waals surface area contributed by atoms with Crippen LogP contribution >= 0.6 is 0 Å². The molecule has 1 aromatic carbocycles. The molecule has 0 aliphatic heterocycles. The van der Waals surface area contributed by atoms with Crippen LogP contribution in [0.1, 0.15) is 51.4 Å². The van der Waals surface area contributed by atoms with Crippen LogP contribution in [-0.2, 0) is 14.8 Å². The lowest BCUT2D eigenvalue weighted by atomic mass is 10.1. The highest BCUT2D eigenvalue weighted by atomic mass is 32.2. The molecular weight excluding hydrogens is 344 g/mol. The van der Waals surface area contributed by atoms with Gasteiger partial charge >= 0.3 is 5.97 Å². The van der Waals surface area contributed by atoms with Crippen LogP contribution in [0.25, 0.3) is 0 Å². The molecule has 0 amide bonds. The smallest absolute Gasteiger partial charge is 0.335 e. The van der Waals surface area contributed by atoms with Crippen molar-refractivity contribution in [3.05, 3.63) is 23.8 Å². The monoisotopic (exact) mass is 372 g/mol. The van der Waals surface area contributed by atoms with E-state index < -0.39 is 16.0 Å². The molecule has 0 radical (unpaired) electrons. The van der Waals surface area contributed by atoms with Crippen molar-refractivity contribution in [1.29, 1.82) is 0 Å². The Morgan fingerprint density at radius 1 is 1.28 bits per heavy atom. The maximum Gasteiger partial charge on any atom is 0.335 e. The van der Waals surface area contributed by atoms with E-state index in [9.17, 15) is 13.2 Å². The number of hydrogen-bond acceptors (Lipinski definition) is 5. The summed E-state index contributed by atoms with van der Waals surface area (Å²) in [5.41, 5.74) is -0.0912. The van der Waals surface area contributed by atoms with E-state index in [2.05, 4.69) is 10.0 Å². The average Bonchev–Trinajstić information content (AvgIpc) is 2.44. The molecule has 1 rings (SSSR count). The van der Waals surface area contributed by atoms with Crippen molar-refractivity contribution in [3.63, 3.8) is 0 Å². The number of nitrogens with one attached hydrogen (secondary N) is 2. The van der Waals surface area contributed by atoms with E-state index in [-0.39, 0.29) is 28.6 Å². The molecule has 7 nitrogen and oxygen atoms in total. The summed E-state index contributed by atoms with van der Waals surface area (Å²) in [4.78, 5) is 11.1. The first-order valence-electron chi connectivity index (χ1n) is 8.19. The molecule has 0 saturated carbocycles. The molecule has 0 fully saturated rings. The van der Waals surface area contributed by atoms with Gasteiger partial charge in [-0.2, -0.15) is 0 Å². The van der Waals surface area contributed by atoms with Crippen LogP contribution in [0.5, 0.6) is 0 Å². The second kappa shape index (κ2) is 8.64. The second-order valence-corrected chi connectivity index (χ2v) is 8.80. The van der Waals surface area contributed by atoms with Gasteiger partial charge in [0.25, 0.3) is 0 Å². The van der Waals surface area contributed by atoms with Crippen LogP contribution in [0.3, 0.4) is 0 Å². The molecule has 0 aliphatic rings. The molecule has 0 aliphatic carbocycles. The summed E-state index contributed by atoms with van der Waals surface area (Å²) in [6.07, 6.45) is 0.615. The first-order valence-corrected chi connectivity index (χ1v) is 9.67. The maximum absolute atomic E-state index is 12.6. The summed E-state index contributed by atoms with van der Waals surface area (Å²) in [6, 6.07) is 4.03. The zero-order valence-electron chi connectivity index (χ0n) is 15.4. The molecule has 0 unspecified atom stereocenters. The second-order valence-electron chi connectivity index (χ2n) is 7.06. The van der Waals surface area contributed by atoms with Gasteiger partial charge in [0.05, 0.1) is 17.4 Å². The van der Waals surface area contributed by atoms with Crippen LogP contribution in [0.15, 0.2) is 23.1 Å². The van der Waals surface area contributed by atoms with Gasteiger partial charge in [0.2, 0.25) is 10.0 Å². The van der Waals surface area contributed by atoms with E-state index in [1.807, 2.05) is 34.6 Å². The first-order chi connectivity index (χ1) is 11.4. The first kappa shape index (κ1) is 21.4. The minimum absolute atomic E-state index is 0.0768. The van der Waals surface area contributed by atoms with E-state index in [4.69, 9.17) is 9.84 Å². The molecule has 0 heterocycles. The Kier molecular flexibility index (Phi) is 7.40. The van der Waals surface area contributed by atoms with Crippen molar-refractivity contribution in [3.8, 4) is 0 Å². The number of carboxylic acids is 1. The van der Waals surface area contributed by atoms with Crippen molar-refractivity contribution >= 4 is 21.7 Å². The summed E-state index contributed by atoms with van der Waals surface area (Å²) in [5.74, 6) is -1.18. The molecule has 0 atom stereocenters. The van der Waals surface area contributed by atoms with Crippen LogP contribution in [0.4, 0.5) is 5.69 Å². The molecule has 25 heavy (non-hydrogen) atoms. The van der Waals surface area contributed by atoms with Crippen LogP contribution in [0, 0.1) is 0 Å². The fourth-order valence-electron chi connectivity index (χ4n) is 2.06. The van der Waals surface area contributed by atoms with Gasteiger partial charge in [-0.3, -0.25) is 0 Å². The van der Waals surface area contributed by atoms with Gasteiger partial charge in [0.1, 0.15) is 4.90 Å². The Labute approximate surface area is 149 Å². The van der Waals surface area contributed by atoms with Crippen molar-refractivity contribution in [2.24, 2.45) is 0 Å². The van der Waals surface area contributed by atoms with Crippen molar-refractivity contribution in [2.45, 2.75) is 57.6 Å². The van der Waals surface area contributed by atoms with Crippen LogP contribution in [0.2, 0.25) is 0 Å². The van der Waals surface area contributed by atoms with Gasteiger partial charge in [0, 0.05) is 18.7 Å². The molecule has 142 valence electrons. The summed E-state index contributed by atoms with van der Waals surface area (Å²) < 4.78 is 33.1. The third-order valence-electron chi connectivity index (χ3n) is 3.09. The van der Waals surface area contributed by atoms with Gasteiger partial charge in [-0.25, -0.2) is 17.9 Å². The van der Waals surface area contributed by atoms with Gasteiger partial charge in [-0.15, -0.1) is 0 Å². The minimum atomic E-state index is -3.85. The Bertz CT molecular complexity index is 693. The lowest BCUT2D eigenvalue weighted by Gasteiger charge is -2.24. The summed E-state index contributed by atoms with van der Waals surface area (Å²) in [7, 11) is -3.85. The molecule has 0 saturated heterocycles. The normalized spacial score (nSPS) is 12.4. The minimum Gasteiger partial charge on any atom is -0.478 e. The molecule has 1 aromatic rings. The van der Waals surface area contributed by atoms with E-state index in [0.717, 1.165) is 0 Å². The number of benzene rings is 1. The Morgan fingerprint density at radius 2 is 1.92 bits per heavy atom. The SMILES string of the molecule is CC(C)OCCCNS(=O)(=O)c1cc(C(=O)O)ccc1NC(C)(C)C. The van der Waals surface area contributed by atoms with Crippen molar-refractivity contribution in [1.82, 2.24) is 4.72 Å². The predicted octanol–water partition coefficient (Wildman–Crippen LogP) is 2.69. The number of anilines is 1. The number of hydrogen-bond donors (Lipinski definition) is 3. The molecular formula is C17H28N2O5S. The Morgan fingerprint density at radius 3 is 2.44 bits per heavy atom. The molecule has 8 heteroatoms. The maximum atomic E-state index is 12.6. The lowest BCUT2D eigenvalue weighted by molar-refractivity contribution is 0.0696. The van der Waals surface area contributed by atoms with E-state index in [1.165, 1.54) is 18.2 Å². The molecule has 3 N–H and O–H groups in total. The molecule has 0 spiro atoms. The summed E-state index contributed by atoms with van der Waals surface area (Å²) in [6.45, 7) is 10.2. The third-order valence-corrected chi connectivity index (χ3v) is 4.59. The van der Waals surface area contributed by atoms with Crippen molar-refractivity contribution < 1.29 is 23.1 Å². The third kappa shape index (κ3) is 7.41. The zero-order valence-corrected chi connectivity index (χ0v) is 16.2. The standard InChI is InChI=1S/C17H28N2O5S/c1-12(2)24-10-6-9-18-25(22,23)15-11-13(16(20)21)7-8-14(15)19-17(3,4)5/h7-8,11-12,18-19H,6,9-10H2,1-5H3,(H,20,21). The number of carboxylic acid groups (broad SMARTS) is 1. The van der Waals surface area contributed by atoms with Crippen molar-refractivity contribution in [2.75, 3.05) is 18.5 Å². The molecule has 0 aromatic heterocycles. The largest absolute Gasteiger partial charge is 0.478 e. The van der Waals surface area contributed by atoms with Crippen LogP contribution in [-0.4, -0.2) is 44.3 Å². The van der Waals surface area contributed by atoms with E-state index in [0.29, 0.717) is 18.7 Å². The number of carbonyl (C=O) groups is 1. The van der Waals surface area contributed by atoms with Gasteiger partial charge in [-0.1, -0.05) is 0 Å². The topological polar surface area (TPSA) is 105 Å². The quantitative estimate of drug-likeness (QED) is 0.576.